The second-order valence-corrected chi connectivity index (χ2v) is 4.81. The van der Waals surface area contributed by atoms with Crippen molar-refractivity contribution in [2.24, 2.45) is 5.11 Å². The molecule has 0 radical (unpaired) electrons. The third-order valence-corrected chi connectivity index (χ3v) is 3.54. The Hall–Kier alpha value is -2.50. The van der Waals surface area contributed by atoms with Crippen LogP contribution in [0.3, 0.4) is 0 Å². The highest BCUT2D eigenvalue weighted by Crippen LogP contribution is 2.33. The second-order valence-electron chi connectivity index (χ2n) is 4.81. The van der Waals surface area contributed by atoms with E-state index in [1.807, 2.05) is 0 Å². The molecule has 23 heavy (non-hydrogen) atoms. The van der Waals surface area contributed by atoms with E-state index in [1.54, 1.807) is 0 Å². The molecule has 4 N–H and O–H groups in total. The van der Waals surface area contributed by atoms with Crippen LogP contribution in [-0.4, -0.2) is 61.4 Å². The van der Waals surface area contributed by atoms with Gasteiger partial charge in [-0.3, -0.25) is 4.57 Å². The van der Waals surface area contributed by atoms with Crippen LogP contribution in [0.1, 0.15) is 6.23 Å². The third kappa shape index (κ3) is 2.65. The van der Waals surface area contributed by atoms with Crippen molar-refractivity contribution < 1.29 is 19.7 Å². The predicted octanol–water partition coefficient (Wildman–Crippen LogP) is -0.688. The van der Waals surface area contributed by atoms with Gasteiger partial charge in [0.05, 0.1) is 12.9 Å². The molecule has 0 spiro atoms. The van der Waals surface area contributed by atoms with Gasteiger partial charge in [0, 0.05) is 4.91 Å². The minimum atomic E-state index is -1.13. The zero-order valence-electron chi connectivity index (χ0n) is 11.8. The van der Waals surface area contributed by atoms with E-state index in [-0.39, 0.29) is 19.2 Å². The number of ether oxygens (including phenoxy) is 2. The van der Waals surface area contributed by atoms with Crippen molar-refractivity contribution in [3.63, 3.8) is 0 Å². The average molecular weight is 322 g/mol. The van der Waals surface area contributed by atoms with E-state index in [2.05, 4.69) is 25.0 Å². The molecule has 1 aliphatic heterocycles. The molecule has 12 nitrogen and oxygen atoms in total. The summed E-state index contributed by atoms with van der Waals surface area (Å²) >= 11 is 0. The molecule has 1 aliphatic rings. The molecule has 0 amide bonds. The van der Waals surface area contributed by atoms with Crippen LogP contribution in [0.15, 0.2) is 17.8 Å². The second kappa shape index (κ2) is 6.32. The summed E-state index contributed by atoms with van der Waals surface area (Å²) in [6.07, 6.45) is -0.991. The van der Waals surface area contributed by atoms with E-state index in [0.717, 1.165) is 0 Å². The average Bonchev–Trinajstić information content (AvgIpc) is 3.10. The van der Waals surface area contributed by atoms with Gasteiger partial charge in [-0.25, -0.2) is 15.0 Å². The van der Waals surface area contributed by atoms with Crippen molar-refractivity contribution in [1.29, 1.82) is 0 Å². The van der Waals surface area contributed by atoms with E-state index >= 15 is 0 Å². The van der Waals surface area contributed by atoms with Crippen LogP contribution in [0.5, 0.6) is 0 Å². The quantitative estimate of drug-likeness (QED) is 0.368. The minimum Gasteiger partial charge on any atom is -0.394 e. The van der Waals surface area contributed by atoms with Crippen molar-refractivity contribution in [3.05, 3.63) is 23.1 Å². The first-order valence-electron chi connectivity index (χ1n) is 6.67. The van der Waals surface area contributed by atoms with Crippen LogP contribution in [0, 0.1) is 0 Å². The highest BCUT2D eigenvalue weighted by atomic mass is 16.6. The van der Waals surface area contributed by atoms with Gasteiger partial charge in [0.25, 0.3) is 0 Å². The Bertz CT molecular complexity index is 745. The van der Waals surface area contributed by atoms with Gasteiger partial charge in [-0.05, 0) is 5.53 Å². The summed E-state index contributed by atoms with van der Waals surface area (Å²) in [6, 6.07) is 0. The highest BCUT2D eigenvalue weighted by Gasteiger charge is 2.45. The largest absolute Gasteiger partial charge is 0.394 e. The monoisotopic (exact) mass is 322 g/mol. The van der Waals surface area contributed by atoms with E-state index in [1.165, 1.54) is 17.2 Å². The number of fused-ring (bicyclic) bond motifs is 1. The van der Waals surface area contributed by atoms with Crippen LogP contribution >= 0.6 is 0 Å². The Morgan fingerprint density at radius 2 is 2.30 bits per heavy atom. The van der Waals surface area contributed by atoms with Gasteiger partial charge in [-0.15, -0.1) is 0 Å². The normalized spacial score (nSPS) is 27.2. The molecule has 0 unspecified atom stereocenters. The Morgan fingerprint density at radius 1 is 1.48 bits per heavy atom. The summed E-state index contributed by atoms with van der Waals surface area (Å²) in [7, 11) is 0. The first kappa shape index (κ1) is 15.4. The summed E-state index contributed by atoms with van der Waals surface area (Å²) in [5.74, 6) is 0.205. The Balaban J connectivity index is 1.90. The van der Waals surface area contributed by atoms with Gasteiger partial charge in [-0.2, -0.15) is 0 Å². The van der Waals surface area contributed by atoms with Crippen LogP contribution in [0.25, 0.3) is 21.6 Å². The number of aliphatic hydroxyl groups excluding tert-OH is 2. The lowest BCUT2D eigenvalue weighted by molar-refractivity contribution is -0.0594. The van der Waals surface area contributed by atoms with Gasteiger partial charge in [0.15, 0.2) is 17.7 Å². The molecule has 0 saturated carbocycles. The number of nitrogen functional groups attached to an aromatic ring is 1. The van der Waals surface area contributed by atoms with Crippen molar-refractivity contribution in [2.45, 2.75) is 24.5 Å². The maximum atomic E-state index is 10.4. The fourth-order valence-corrected chi connectivity index (χ4v) is 2.50. The number of hydrogen-bond acceptors (Lipinski definition) is 9. The molecule has 122 valence electrons. The van der Waals surface area contributed by atoms with Gasteiger partial charge in [-0.1, -0.05) is 5.11 Å². The highest BCUT2D eigenvalue weighted by molar-refractivity contribution is 5.81. The first-order valence-corrected chi connectivity index (χ1v) is 6.67. The Morgan fingerprint density at radius 3 is 3.04 bits per heavy atom. The van der Waals surface area contributed by atoms with E-state index in [4.69, 9.17) is 20.7 Å². The van der Waals surface area contributed by atoms with Crippen LogP contribution in [0.4, 0.5) is 5.82 Å². The number of azide groups is 1. The van der Waals surface area contributed by atoms with Crippen LogP contribution < -0.4 is 5.73 Å². The molecule has 0 aliphatic carbocycles. The minimum absolute atomic E-state index is 0.205. The fraction of sp³-hybridized carbons (Fsp3) is 0.545. The number of rotatable bonds is 5. The van der Waals surface area contributed by atoms with Crippen LogP contribution in [-0.2, 0) is 9.47 Å². The van der Waals surface area contributed by atoms with E-state index < -0.39 is 24.5 Å². The molecule has 0 bridgehead atoms. The SMILES string of the molecule is [N-]=[N+]=NCO[C@H]1[C@@H](O)[C@H](n2cnc3c(N)ncnc32)O[C@@H]1CO. The maximum absolute atomic E-state index is 10.4. The fourth-order valence-electron chi connectivity index (χ4n) is 2.50. The van der Waals surface area contributed by atoms with Crippen molar-refractivity contribution in [3.8, 4) is 0 Å². The lowest BCUT2D eigenvalue weighted by Crippen LogP contribution is -2.36. The van der Waals surface area contributed by atoms with E-state index in [9.17, 15) is 10.2 Å². The van der Waals surface area contributed by atoms with Gasteiger partial charge < -0.3 is 25.4 Å². The van der Waals surface area contributed by atoms with Gasteiger partial charge in [0.2, 0.25) is 0 Å². The molecule has 2 aromatic heterocycles. The summed E-state index contributed by atoms with van der Waals surface area (Å²) in [5.41, 5.74) is 14.8. The standard InChI is InChI=1S/C11H14N8O4/c12-9-6-10(15-2-14-9)19(3-16-6)11-7(21)8(5(1-20)23-11)22-4-17-18-13/h2-3,5,7-8,11,20-21H,1,4H2,(H2,12,14,15)/t5-,7-,8-,11-/m1/s1. The van der Waals surface area contributed by atoms with Gasteiger partial charge >= 0.3 is 0 Å². The maximum Gasteiger partial charge on any atom is 0.167 e. The molecular formula is C11H14N8O4. The smallest absolute Gasteiger partial charge is 0.167 e. The summed E-state index contributed by atoms with van der Waals surface area (Å²) in [5, 5.41) is 23.1. The number of nitrogens with two attached hydrogens (primary N) is 1. The number of aromatic nitrogens is 4. The zero-order chi connectivity index (χ0) is 16.4. The van der Waals surface area contributed by atoms with Gasteiger partial charge in [0.1, 0.15) is 36.9 Å². The number of nitrogens with zero attached hydrogens (tertiary/aromatic N) is 7. The predicted molar refractivity (Wildman–Crippen MR) is 75.6 cm³/mol. The van der Waals surface area contributed by atoms with Crippen molar-refractivity contribution in [1.82, 2.24) is 19.5 Å². The zero-order valence-corrected chi connectivity index (χ0v) is 11.8. The topological polar surface area (TPSA) is 177 Å². The molecule has 1 saturated heterocycles. The lowest BCUT2D eigenvalue weighted by Gasteiger charge is -2.18. The first-order chi connectivity index (χ1) is 11.2. The molecule has 2 aromatic rings. The number of imidazole rings is 1. The summed E-state index contributed by atoms with van der Waals surface area (Å²) < 4.78 is 12.4. The summed E-state index contributed by atoms with van der Waals surface area (Å²) in [4.78, 5) is 14.6. The Labute approximate surface area is 129 Å². The molecule has 1 fully saturated rings. The molecule has 0 aromatic carbocycles. The number of hydrogen-bond donors (Lipinski definition) is 3. The molecular weight excluding hydrogens is 308 g/mol. The molecule has 3 rings (SSSR count). The third-order valence-electron chi connectivity index (χ3n) is 3.54. The van der Waals surface area contributed by atoms with Crippen molar-refractivity contribution in [2.75, 3.05) is 19.1 Å². The summed E-state index contributed by atoms with van der Waals surface area (Å²) in [6.45, 7) is -0.664. The molecule has 3 heterocycles. The number of anilines is 1. The lowest BCUT2D eigenvalue weighted by atomic mass is 10.1. The van der Waals surface area contributed by atoms with Crippen LogP contribution in [0.2, 0.25) is 0 Å². The van der Waals surface area contributed by atoms with E-state index in [0.29, 0.717) is 11.2 Å². The molecule has 4 atom stereocenters. The van der Waals surface area contributed by atoms with Crippen molar-refractivity contribution >= 4 is 17.0 Å². The number of aliphatic hydroxyl groups is 2. The Kier molecular flexibility index (Phi) is 4.23. The molecule has 12 heteroatoms.